The Balaban J connectivity index is 2.04. The van der Waals surface area contributed by atoms with E-state index in [0.717, 1.165) is 11.8 Å². The topological polar surface area (TPSA) is 77.5 Å². The van der Waals surface area contributed by atoms with Gasteiger partial charge in [0.05, 0.1) is 19.2 Å². The van der Waals surface area contributed by atoms with Gasteiger partial charge in [0.1, 0.15) is 10.0 Å². The van der Waals surface area contributed by atoms with Crippen LogP contribution in [0.3, 0.4) is 0 Å². The van der Waals surface area contributed by atoms with Crippen molar-refractivity contribution >= 4 is 33.2 Å². The fourth-order valence-corrected chi connectivity index (χ4v) is 3.34. The molecule has 9 heteroatoms. The smallest absolute Gasteiger partial charge is 0.242 e. The van der Waals surface area contributed by atoms with Crippen LogP contribution in [0.4, 0.5) is 0 Å². The van der Waals surface area contributed by atoms with Crippen LogP contribution < -0.4 is 14.2 Å². The summed E-state index contributed by atoms with van der Waals surface area (Å²) in [7, 11) is -0.614. The first-order valence-electron chi connectivity index (χ1n) is 6.89. The first-order chi connectivity index (χ1) is 11.4. The van der Waals surface area contributed by atoms with Crippen molar-refractivity contribution in [2.24, 2.45) is 0 Å². The van der Waals surface area contributed by atoms with Crippen LogP contribution in [0.15, 0.2) is 35.4 Å². The summed E-state index contributed by atoms with van der Waals surface area (Å²) in [5, 5.41) is 0.139. The average molecular weight is 391 g/mol. The number of halogens is 2. The van der Waals surface area contributed by atoms with Crippen molar-refractivity contribution in [3.63, 3.8) is 0 Å². The lowest BCUT2D eigenvalue weighted by Crippen LogP contribution is -2.26. The van der Waals surface area contributed by atoms with E-state index in [9.17, 15) is 8.42 Å². The lowest BCUT2D eigenvalue weighted by Gasteiger charge is -2.10. The van der Waals surface area contributed by atoms with Gasteiger partial charge in [0.25, 0.3) is 0 Å². The molecule has 0 aliphatic carbocycles. The molecular weight excluding hydrogens is 375 g/mol. The summed E-state index contributed by atoms with van der Waals surface area (Å²) in [5.41, 5.74) is 0.905. The molecule has 2 aromatic rings. The monoisotopic (exact) mass is 390 g/mol. The van der Waals surface area contributed by atoms with Crippen LogP contribution in [-0.2, 0) is 16.4 Å². The Morgan fingerprint density at radius 3 is 2.46 bits per heavy atom. The fourth-order valence-electron chi connectivity index (χ4n) is 2.00. The number of nitrogens with one attached hydrogen (secondary N) is 1. The third-order valence-electron chi connectivity index (χ3n) is 3.24. The molecule has 0 atom stereocenters. The van der Waals surface area contributed by atoms with E-state index in [4.69, 9.17) is 32.7 Å². The van der Waals surface area contributed by atoms with Crippen LogP contribution in [0.2, 0.25) is 10.2 Å². The summed E-state index contributed by atoms with van der Waals surface area (Å²) < 4.78 is 37.3. The summed E-state index contributed by atoms with van der Waals surface area (Å²) in [4.78, 5) is 3.70. The largest absolute Gasteiger partial charge is 0.493 e. The maximum absolute atomic E-state index is 12.2. The molecule has 6 nitrogen and oxygen atoms in total. The predicted molar refractivity (Wildman–Crippen MR) is 92.7 cm³/mol. The molecule has 0 bridgehead atoms. The summed E-state index contributed by atoms with van der Waals surface area (Å²) in [5.74, 6) is 1.20. The maximum Gasteiger partial charge on any atom is 0.242 e. The number of hydrogen-bond donors (Lipinski definition) is 1. The van der Waals surface area contributed by atoms with Crippen LogP contribution in [0.25, 0.3) is 0 Å². The number of benzene rings is 1. The minimum absolute atomic E-state index is 0.0378. The average Bonchev–Trinajstić information content (AvgIpc) is 2.56. The lowest BCUT2D eigenvalue weighted by atomic mass is 10.1. The molecule has 0 saturated carbocycles. The molecule has 1 aromatic carbocycles. The summed E-state index contributed by atoms with van der Waals surface area (Å²) in [6, 6.07) is 6.67. The van der Waals surface area contributed by atoms with E-state index in [1.54, 1.807) is 26.4 Å². The highest BCUT2D eigenvalue weighted by Gasteiger charge is 2.16. The number of rotatable bonds is 7. The minimum atomic E-state index is -3.71. The zero-order valence-electron chi connectivity index (χ0n) is 13.0. The predicted octanol–water partition coefficient (Wildman–Crippen LogP) is 2.93. The molecule has 1 heterocycles. The number of sulfonamides is 1. The second-order valence-electron chi connectivity index (χ2n) is 4.78. The molecular formula is C15H16Cl2N2O4S. The van der Waals surface area contributed by atoms with E-state index < -0.39 is 10.0 Å². The number of hydrogen-bond acceptors (Lipinski definition) is 5. The fraction of sp³-hybridized carbons (Fsp3) is 0.267. The van der Waals surface area contributed by atoms with E-state index in [1.807, 2.05) is 6.07 Å². The van der Waals surface area contributed by atoms with Crippen LogP contribution in [-0.4, -0.2) is 34.2 Å². The normalized spacial score (nSPS) is 11.3. The van der Waals surface area contributed by atoms with E-state index in [2.05, 4.69) is 9.71 Å². The van der Waals surface area contributed by atoms with Crippen molar-refractivity contribution < 1.29 is 17.9 Å². The lowest BCUT2D eigenvalue weighted by molar-refractivity contribution is 0.354. The van der Waals surface area contributed by atoms with Crippen molar-refractivity contribution in [3.8, 4) is 11.5 Å². The summed E-state index contributed by atoms with van der Waals surface area (Å²) >= 11 is 11.5. The molecule has 0 radical (unpaired) electrons. The highest BCUT2D eigenvalue weighted by Crippen LogP contribution is 2.27. The SMILES string of the molecule is COc1ccc(CCNS(=O)(=O)c2cnc(Cl)c(Cl)c2)cc1OC. The molecule has 0 unspecified atom stereocenters. The Bertz CT molecular complexity index is 828. The Morgan fingerprint density at radius 1 is 1.12 bits per heavy atom. The molecule has 0 aliphatic rings. The zero-order chi connectivity index (χ0) is 17.7. The van der Waals surface area contributed by atoms with E-state index >= 15 is 0 Å². The maximum atomic E-state index is 12.2. The number of nitrogens with zero attached hydrogens (tertiary/aromatic N) is 1. The van der Waals surface area contributed by atoms with E-state index in [-0.39, 0.29) is 21.6 Å². The third kappa shape index (κ3) is 4.51. The number of methoxy groups -OCH3 is 2. The Kier molecular flexibility index (Phi) is 6.28. The molecule has 0 saturated heterocycles. The molecule has 130 valence electrons. The van der Waals surface area contributed by atoms with Gasteiger partial charge in [0.15, 0.2) is 11.5 Å². The standard InChI is InChI=1S/C15H16Cl2N2O4S/c1-22-13-4-3-10(7-14(13)23-2)5-6-19-24(20,21)11-8-12(16)15(17)18-9-11/h3-4,7-9,19H,5-6H2,1-2H3. The molecule has 0 spiro atoms. The molecule has 0 amide bonds. The Labute approximate surface area is 150 Å². The molecule has 2 rings (SSSR count). The second-order valence-corrected chi connectivity index (χ2v) is 7.31. The molecule has 0 aliphatic heterocycles. The van der Waals surface area contributed by atoms with Gasteiger partial charge < -0.3 is 9.47 Å². The van der Waals surface area contributed by atoms with Crippen molar-refractivity contribution in [2.75, 3.05) is 20.8 Å². The van der Waals surface area contributed by atoms with Gasteiger partial charge >= 0.3 is 0 Å². The van der Waals surface area contributed by atoms with Gasteiger partial charge in [-0.05, 0) is 30.2 Å². The zero-order valence-corrected chi connectivity index (χ0v) is 15.4. The first-order valence-corrected chi connectivity index (χ1v) is 9.13. The molecule has 1 N–H and O–H groups in total. The highest BCUT2D eigenvalue weighted by molar-refractivity contribution is 7.89. The van der Waals surface area contributed by atoms with Gasteiger partial charge in [-0.2, -0.15) is 0 Å². The number of ether oxygens (including phenoxy) is 2. The molecule has 1 aromatic heterocycles. The van der Waals surface area contributed by atoms with Crippen LogP contribution >= 0.6 is 23.2 Å². The Morgan fingerprint density at radius 2 is 1.83 bits per heavy atom. The number of pyridine rings is 1. The van der Waals surface area contributed by atoms with Crippen molar-refractivity contribution in [1.29, 1.82) is 0 Å². The van der Waals surface area contributed by atoms with Crippen LogP contribution in [0.1, 0.15) is 5.56 Å². The quantitative estimate of drug-likeness (QED) is 0.735. The van der Waals surface area contributed by atoms with Crippen LogP contribution in [0, 0.1) is 0 Å². The van der Waals surface area contributed by atoms with Gasteiger partial charge in [-0.3, -0.25) is 0 Å². The van der Waals surface area contributed by atoms with Crippen molar-refractivity contribution in [2.45, 2.75) is 11.3 Å². The number of aromatic nitrogens is 1. The summed E-state index contributed by atoms with van der Waals surface area (Å²) in [6.07, 6.45) is 1.64. The van der Waals surface area contributed by atoms with Crippen molar-refractivity contribution in [1.82, 2.24) is 9.71 Å². The second kappa shape index (κ2) is 8.02. The molecule has 24 heavy (non-hydrogen) atoms. The van der Waals surface area contributed by atoms with E-state index in [0.29, 0.717) is 17.9 Å². The van der Waals surface area contributed by atoms with Gasteiger partial charge in [-0.25, -0.2) is 18.1 Å². The molecule has 0 fully saturated rings. The third-order valence-corrected chi connectivity index (χ3v) is 5.35. The van der Waals surface area contributed by atoms with Gasteiger partial charge in [0.2, 0.25) is 10.0 Å². The van der Waals surface area contributed by atoms with Gasteiger partial charge in [-0.1, -0.05) is 29.3 Å². The Hall–Kier alpha value is -1.54. The van der Waals surface area contributed by atoms with Crippen LogP contribution in [0.5, 0.6) is 11.5 Å². The minimum Gasteiger partial charge on any atom is -0.493 e. The van der Waals surface area contributed by atoms with Crippen molar-refractivity contribution in [3.05, 3.63) is 46.2 Å². The highest BCUT2D eigenvalue weighted by atomic mass is 35.5. The van der Waals surface area contributed by atoms with Gasteiger partial charge in [0, 0.05) is 12.7 Å². The summed E-state index contributed by atoms with van der Waals surface area (Å²) in [6.45, 7) is 0.206. The van der Waals surface area contributed by atoms with Gasteiger partial charge in [-0.15, -0.1) is 0 Å². The first kappa shape index (κ1) is 18.8. The van der Waals surface area contributed by atoms with E-state index in [1.165, 1.54) is 6.07 Å².